The van der Waals surface area contributed by atoms with Crippen molar-refractivity contribution in [3.8, 4) is 11.5 Å². The number of phenols is 1. The van der Waals surface area contributed by atoms with Crippen LogP contribution in [0.2, 0.25) is 0 Å². The van der Waals surface area contributed by atoms with Crippen molar-refractivity contribution >= 4 is 23.2 Å². The first-order valence-corrected chi connectivity index (χ1v) is 8.71. The highest BCUT2D eigenvalue weighted by atomic mass is 16.5. The normalized spacial score (nSPS) is 10.5. The number of carbonyl (C=O) groups excluding carboxylic acids is 1. The zero-order valence-corrected chi connectivity index (χ0v) is 16.0. The van der Waals surface area contributed by atoms with Crippen LogP contribution < -0.4 is 21.1 Å². The first-order valence-electron chi connectivity index (χ1n) is 8.71. The molecule has 146 valence electrons. The number of hydrogen-bond donors (Lipinski definition) is 5. The number of nitrogens with zero attached hydrogens (tertiary/aromatic N) is 1. The lowest BCUT2D eigenvalue weighted by atomic mass is 10.1. The number of methoxy groups -OCH3 is 1. The molecule has 1 amide bonds. The summed E-state index contributed by atoms with van der Waals surface area (Å²) in [5.74, 6) is 1.09. The van der Waals surface area contributed by atoms with Gasteiger partial charge in [0.25, 0.3) is 5.91 Å². The second-order valence-electron chi connectivity index (χ2n) is 6.48. The van der Waals surface area contributed by atoms with Crippen molar-refractivity contribution in [3.63, 3.8) is 0 Å². The van der Waals surface area contributed by atoms with Crippen LogP contribution in [0.15, 0.2) is 36.4 Å². The van der Waals surface area contributed by atoms with Gasteiger partial charge in [-0.3, -0.25) is 9.89 Å². The number of rotatable bonds is 7. The number of amides is 1. The molecule has 0 fully saturated rings. The minimum absolute atomic E-state index is 0.232. The number of phenolic OH excluding ortho intramolecular Hbond substituents is 1. The summed E-state index contributed by atoms with van der Waals surface area (Å²) in [5, 5.41) is 23.1. The maximum Gasteiger partial charge on any atom is 0.256 e. The number of aryl methyl sites for hydroxylation is 2. The van der Waals surface area contributed by atoms with Gasteiger partial charge < -0.3 is 26.2 Å². The summed E-state index contributed by atoms with van der Waals surface area (Å²) in [4.78, 5) is 12.0. The van der Waals surface area contributed by atoms with Gasteiger partial charge in [-0.1, -0.05) is 18.2 Å². The second-order valence-corrected chi connectivity index (χ2v) is 6.48. The molecule has 0 bridgehead atoms. The number of anilines is 3. The maximum absolute atomic E-state index is 12.0. The van der Waals surface area contributed by atoms with Gasteiger partial charge in [0.1, 0.15) is 22.9 Å². The molecule has 0 saturated carbocycles. The largest absolute Gasteiger partial charge is 0.507 e. The van der Waals surface area contributed by atoms with Crippen LogP contribution in [0, 0.1) is 13.8 Å². The van der Waals surface area contributed by atoms with Gasteiger partial charge in [0, 0.05) is 18.3 Å². The zero-order valence-electron chi connectivity index (χ0n) is 16.0. The lowest BCUT2D eigenvalue weighted by Gasteiger charge is -2.10. The number of H-pyrrole nitrogens is 1. The Morgan fingerprint density at radius 1 is 1.25 bits per heavy atom. The molecular weight excluding hydrogens is 358 g/mol. The number of aromatic hydroxyl groups is 1. The van der Waals surface area contributed by atoms with E-state index in [1.54, 1.807) is 13.2 Å². The van der Waals surface area contributed by atoms with E-state index in [0.29, 0.717) is 29.6 Å². The average Bonchev–Trinajstić information content (AvgIpc) is 3.07. The van der Waals surface area contributed by atoms with Crippen LogP contribution in [-0.4, -0.2) is 28.3 Å². The number of aromatic nitrogens is 2. The van der Waals surface area contributed by atoms with Crippen molar-refractivity contribution in [2.45, 2.75) is 20.4 Å². The fourth-order valence-electron chi connectivity index (χ4n) is 2.98. The van der Waals surface area contributed by atoms with Crippen molar-refractivity contribution in [1.29, 1.82) is 0 Å². The van der Waals surface area contributed by atoms with Crippen molar-refractivity contribution < 1.29 is 14.6 Å². The second kappa shape index (κ2) is 7.91. The number of nitrogens with one attached hydrogen (secondary N) is 3. The molecule has 0 saturated heterocycles. The number of ether oxygens (including phenoxy) is 1. The monoisotopic (exact) mass is 381 g/mol. The minimum Gasteiger partial charge on any atom is -0.507 e. The molecule has 8 nitrogen and oxygen atoms in total. The Morgan fingerprint density at radius 2 is 1.96 bits per heavy atom. The lowest BCUT2D eigenvalue weighted by Crippen LogP contribution is -2.15. The van der Waals surface area contributed by atoms with E-state index in [2.05, 4.69) is 20.8 Å². The van der Waals surface area contributed by atoms with Crippen LogP contribution >= 0.6 is 0 Å². The highest BCUT2D eigenvalue weighted by Gasteiger charge is 2.19. The van der Waals surface area contributed by atoms with Crippen LogP contribution in [0.5, 0.6) is 11.5 Å². The van der Waals surface area contributed by atoms with Crippen molar-refractivity contribution in [2.24, 2.45) is 5.73 Å². The molecule has 0 aliphatic rings. The van der Waals surface area contributed by atoms with E-state index >= 15 is 0 Å². The average molecular weight is 381 g/mol. The lowest BCUT2D eigenvalue weighted by molar-refractivity contribution is 0.100. The Bertz CT molecular complexity index is 990. The molecule has 0 radical (unpaired) electrons. The molecule has 0 aliphatic carbocycles. The molecule has 0 atom stereocenters. The third-order valence-corrected chi connectivity index (χ3v) is 4.37. The minimum atomic E-state index is -0.611. The Balaban J connectivity index is 1.81. The molecule has 0 unspecified atom stereocenters. The van der Waals surface area contributed by atoms with Gasteiger partial charge in [0.2, 0.25) is 0 Å². The number of benzene rings is 2. The molecule has 6 N–H and O–H groups in total. The van der Waals surface area contributed by atoms with E-state index in [-0.39, 0.29) is 11.3 Å². The maximum atomic E-state index is 12.0. The topological polar surface area (TPSA) is 125 Å². The van der Waals surface area contributed by atoms with Crippen LogP contribution in [0.1, 0.15) is 27.0 Å². The van der Waals surface area contributed by atoms with Gasteiger partial charge in [-0.05, 0) is 42.7 Å². The zero-order chi connectivity index (χ0) is 20.3. The fraction of sp³-hybridized carbons (Fsp3) is 0.200. The molecule has 2 aromatic carbocycles. The first-order chi connectivity index (χ1) is 13.4. The van der Waals surface area contributed by atoms with Gasteiger partial charge >= 0.3 is 0 Å². The standard InChI is InChI=1S/C20H23N5O3/c1-11-7-13(8-12(2)17(11)26)10-22-19-16(18(21)27)20(25-24-19)23-14-5-4-6-15(9-14)28-3/h4-9,26H,10H2,1-3H3,(H2,21,27)(H3,22,23,24,25). The van der Waals surface area contributed by atoms with E-state index < -0.39 is 5.91 Å². The predicted molar refractivity (Wildman–Crippen MR) is 108 cm³/mol. The number of hydrogen-bond acceptors (Lipinski definition) is 6. The summed E-state index contributed by atoms with van der Waals surface area (Å²) < 4.78 is 5.20. The van der Waals surface area contributed by atoms with Crippen LogP contribution in [-0.2, 0) is 6.54 Å². The van der Waals surface area contributed by atoms with Crippen LogP contribution in [0.3, 0.4) is 0 Å². The van der Waals surface area contributed by atoms with Crippen molar-refractivity contribution in [3.05, 3.63) is 58.7 Å². The number of nitrogens with two attached hydrogens (primary N) is 1. The predicted octanol–water partition coefficient (Wildman–Crippen LogP) is 3.20. The Morgan fingerprint density at radius 3 is 2.61 bits per heavy atom. The summed E-state index contributed by atoms with van der Waals surface area (Å²) in [5.41, 5.74) is 9.05. The molecular formula is C20H23N5O3. The third kappa shape index (κ3) is 4.01. The molecule has 1 heterocycles. The quantitative estimate of drug-likeness (QED) is 0.428. The summed E-state index contributed by atoms with van der Waals surface area (Å²) >= 11 is 0. The van der Waals surface area contributed by atoms with E-state index in [4.69, 9.17) is 10.5 Å². The molecule has 0 aliphatic heterocycles. The van der Waals surface area contributed by atoms with Crippen molar-refractivity contribution in [2.75, 3.05) is 17.7 Å². The Kier molecular flexibility index (Phi) is 5.39. The summed E-state index contributed by atoms with van der Waals surface area (Å²) in [6, 6.07) is 11.0. The van der Waals surface area contributed by atoms with Gasteiger partial charge in [0.05, 0.1) is 7.11 Å². The van der Waals surface area contributed by atoms with Gasteiger partial charge in [-0.2, -0.15) is 5.10 Å². The third-order valence-electron chi connectivity index (χ3n) is 4.37. The number of primary amides is 1. The highest BCUT2D eigenvalue weighted by Crippen LogP contribution is 2.27. The first kappa shape index (κ1) is 19.1. The Labute approximate surface area is 162 Å². The summed E-state index contributed by atoms with van der Waals surface area (Å²) in [6.07, 6.45) is 0. The molecule has 3 aromatic rings. The molecule has 3 rings (SSSR count). The number of aromatic amines is 1. The molecule has 1 aromatic heterocycles. The molecule has 0 spiro atoms. The van der Waals surface area contributed by atoms with Crippen LogP contribution in [0.25, 0.3) is 0 Å². The summed E-state index contributed by atoms with van der Waals surface area (Å²) in [6.45, 7) is 4.11. The highest BCUT2D eigenvalue weighted by molar-refractivity contribution is 6.03. The smallest absolute Gasteiger partial charge is 0.256 e. The van der Waals surface area contributed by atoms with Crippen LogP contribution in [0.4, 0.5) is 17.3 Å². The number of carbonyl (C=O) groups is 1. The molecule has 28 heavy (non-hydrogen) atoms. The van der Waals surface area contributed by atoms with Gasteiger partial charge in [-0.15, -0.1) is 0 Å². The van der Waals surface area contributed by atoms with E-state index in [1.165, 1.54) is 0 Å². The fourth-order valence-corrected chi connectivity index (χ4v) is 2.98. The van der Waals surface area contributed by atoms with E-state index in [0.717, 1.165) is 16.7 Å². The van der Waals surface area contributed by atoms with Gasteiger partial charge in [0.15, 0.2) is 5.82 Å². The summed E-state index contributed by atoms with van der Waals surface area (Å²) in [7, 11) is 1.58. The van der Waals surface area contributed by atoms with E-state index in [9.17, 15) is 9.90 Å². The SMILES string of the molecule is COc1cccc(Nc2n[nH]c(NCc3cc(C)c(O)c(C)c3)c2C(N)=O)c1. The van der Waals surface area contributed by atoms with E-state index in [1.807, 2.05) is 44.2 Å². The van der Waals surface area contributed by atoms with Gasteiger partial charge in [-0.25, -0.2) is 0 Å². The van der Waals surface area contributed by atoms with Crippen molar-refractivity contribution in [1.82, 2.24) is 10.2 Å². The molecule has 8 heteroatoms. The Hall–Kier alpha value is -3.68.